The fraction of sp³-hybridized carbons (Fsp3) is 0.857. The van der Waals surface area contributed by atoms with Gasteiger partial charge in [-0.15, -0.1) is 0 Å². The summed E-state index contributed by atoms with van der Waals surface area (Å²) in [7, 11) is 0. The minimum absolute atomic E-state index is 0.176. The average Bonchev–Trinajstić information content (AvgIpc) is 2.01. The largest absolute Gasteiger partial charge is 0.465 e. The van der Waals surface area contributed by atoms with Gasteiger partial charge >= 0.3 is 12.3 Å². The summed E-state index contributed by atoms with van der Waals surface area (Å²) >= 11 is 0. The van der Waals surface area contributed by atoms with Gasteiger partial charge < -0.3 is 15.7 Å². The lowest BCUT2D eigenvalue weighted by Gasteiger charge is -2.31. The molecule has 0 aromatic heterocycles. The molecule has 1 aliphatic heterocycles. The molecule has 1 rings (SSSR count). The van der Waals surface area contributed by atoms with Gasteiger partial charge in [-0.1, -0.05) is 0 Å². The predicted molar refractivity (Wildman–Crippen MR) is 42.0 cm³/mol. The lowest BCUT2D eigenvalue weighted by Crippen LogP contribution is -2.53. The highest BCUT2D eigenvalue weighted by Gasteiger charge is 2.42. The molecule has 1 saturated heterocycles. The Bertz CT molecular complexity index is 219. The second-order valence-corrected chi connectivity index (χ2v) is 3.22. The summed E-state index contributed by atoms with van der Waals surface area (Å²) in [4.78, 5) is 10.2. The lowest BCUT2D eigenvalue weighted by atomic mass is 9.99. The molecule has 4 nitrogen and oxygen atoms in total. The molecule has 0 saturated carbocycles. The van der Waals surface area contributed by atoms with Crippen molar-refractivity contribution in [1.29, 1.82) is 0 Å². The Hall–Kier alpha value is -0.980. The van der Waals surface area contributed by atoms with Crippen molar-refractivity contribution < 1.29 is 23.1 Å². The van der Waals surface area contributed by atoms with Crippen molar-refractivity contribution in [3.63, 3.8) is 0 Å². The minimum atomic E-state index is -4.31. The van der Waals surface area contributed by atoms with Gasteiger partial charge in [-0.05, 0) is 19.4 Å². The number of rotatable bonds is 1. The highest BCUT2D eigenvalue weighted by atomic mass is 19.4. The maximum Gasteiger partial charge on any atom is 0.404 e. The molecule has 14 heavy (non-hydrogen) atoms. The van der Waals surface area contributed by atoms with Gasteiger partial charge in [0.1, 0.15) is 6.04 Å². The van der Waals surface area contributed by atoms with Gasteiger partial charge in [0.05, 0.1) is 0 Å². The van der Waals surface area contributed by atoms with E-state index in [9.17, 15) is 18.0 Å². The Kier molecular flexibility index (Phi) is 3.20. The van der Waals surface area contributed by atoms with Crippen LogP contribution in [0.15, 0.2) is 0 Å². The van der Waals surface area contributed by atoms with Crippen molar-refractivity contribution in [2.75, 3.05) is 6.54 Å². The van der Waals surface area contributed by atoms with Crippen LogP contribution in [0.25, 0.3) is 0 Å². The number of carboxylic acid groups (broad SMARTS) is 1. The Morgan fingerprint density at radius 1 is 1.50 bits per heavy atom. The highest BCUT2D eigenvalue weighted by Crippen LogP contribution is 2.26. The van der Waals surface area contributed by atoms with E-state index < -0.39 is 24.4 Å². The molecule has 7 heteroatoms. The molecule has 0 aromatic rings. The molecule has 1 heterocycles. The molecule has 0 aromatic carbocycles. The lowest BCUT2D eigenvalue weighted by molar-refractivity contribution is -0.161. The highest BCUT2D eigenvalue weighted by molar-refractivity contribution is 5.64. The maximum atomic E-state index is 12.2. The first-order valence-corrected chi connectivity index (χ1v) is 4.19. The van der Waals surface area contributed by atoms with Crippen LogP contribution in [0.1, 0.15) is 12.8 Å². The van der Waals surface area contributed by atoms with Crippen molar-refractivity contribution >= 4 is 6.09 Å². The predicted octanol–water partition coefficient (Wildman–Crippen LogP) is 0.937. The summed E-state index contributed by atoms with van der Waals surface area (Å²) in [5.74, 6) is 0. The number of hydrogen-bond acceptors (Lipinski definition) is 2. The third-order valence-electron chi connectivity index (χ3n) is 2.13. The number of halogens is 3. The second-order valence-electron chi connectivity index (χ2n) is 3.22. The molecule has 0 bridgehead atoms. The number of carbonyl (C=O) groups is 1. The Balaban J connectivity index is 2.48. The summed E-state index contributed by atoms with van der Waals surface area (Å²) < 4.78 is 36.6. The third-order valence-corrected chi connectivity index (χ3v) is 2.13. The van der Waals surface area contributed by atoms with Crippen molar-refractivity contribution in [2.45, 2.75) is 31.1 Å². The van der Waals surface area contributed by atoms with E-state index in [0.29, 0.717) is 6.42 Å². The number of amides is 1. The third kappa shape index (κ3) is 3.06. The molecule has 0 radical (unpaired) electrons. The second kappa shape index (κ2) is 4.04. The Morgan fingerprint density at radius 3 is 2.64 bits per heavy atom. The molecule has 82 valence electrons. The fourth-order valence-corrected chi connectivity index (χ4v) is 1.47. The van der Waals surface area contributed by atoms with Gasteiger partial charge in [0.25, 0.3) is 0 Å². The van der Waals surface area contributed by atoms with Gasteiger partial charge in [-0.25, -0.2) is 4.79 Å². The van der Waals surface area contributed by atoms with Crippen LogP contribution in [-0.4, -0.2) is 36.0 Å². The average molecular weight is 212 g/mol. The molecule has 3 N–H and O–H groups in total. The molecule has 2 atom stereocenters. The molecular weight excluding hydrogens is 201 g/mol. The van der Waals surface area contributed by atoms with E-state index in [1.54, 1.807) is 0 Å². The molecule has 0 spiro atoms. The summed E-state index contributed by atoms with van der Waals surface area (Å²) in [6, 6.07) is -2.21. The van der Waals surface area contributed by atoms with Crippen molar-refractivity contribution in [3.8, 4) is 0 Å². The van der Waals surface area contributed by atoms with E-state index in [-0.39, 0.29) is 13.0 Å². The zero-order valence-electron chi connectivity index (χ0n) is 7.27. The molecule has 1 fully saturated rings. The van der Waals surface area contributed by atoms with Gasteiger partial charge in [0.2, 0.25) is 0 Å². The zero-order chi connectivity index (χ0) is 10.8. The van der Waals surface area contributed by atoms with Gasteiger partial charge in [0, 0.05) is 6.04 Å². The van der Waals surface area contributed by atoms with Crippen LogP contribution in [0, 0.1) is 0 Å². The van der Waals surface area contributed by atoms with E-state index in [4.69, 9.17) is 5.11 Å². The summed E-state index contributed by atoms with van der Waals surface area (Å²) in [5, 5.41) is 12.7. The topological polar surface area (TPSA) is 61.4 Å². The van der Waals surface area contributed by atoms with Crippen LogP contribution in [-0.2, 0) is 0 Å². The van der Waals surface area contributed by atoms with Gasteiger partial charge in [-0.3, -0.25) is 0 Å². The number of alkyl halides is 3. The van der Waals surface area contributed by atoms with E-state index in [2.05, 4.69) is 10.6 Å². The SMILES string of the molecule is O=C(O)NC1CCNC(C(F)(F)F)C1. The van der Waals surface area contributed by atoms with Crippen molar-refractivity contribution in [1.82, 2.24) is 10.6 Å². The quantitative estimate of drug-likeness (QED) is 0.606. The number of piperidine rings is 1. The zero-order valence-corrected chi connectivity index (χ0v) is 7.27. The summed E-state index contributed by atoms with van der Waals surface area (Å²) in [6.45, 7) is 0.176. The van der Waals surface area contributed by atoms with Crippen LogP contribution < -0.4 is 10.6 Å². The number of hydrogen-bond donors (Lipinski definition) is 3. The maximum absolute atomic E-state index is 12.2. The molecule has 1 amide bonds. The standard InChI is InChI=1S/C7H11F3N2O2/c8-7(9,10)5-3-4(1-2-11-5)12-6(13)14/h4-5,11-12H,1-3H2,(H,13,14). The number of nitrogens with one attached hydrogen (secondary N) is 2. The van der Waals surface area contributed by atoms with E-state index in [1.807, 2.05) is 0 Å². The first-order chi connectivity index (χ1) is 6.39. The van der Waals surface area contributed by atoms with Crippen LogP contribution in [0.3, 0.4) is 0 Å². The molecule has 1 aliphatic rings. The van der Waals surface area contributed by atoms with Crippen LogP contribution in [0.2, 0.25) is 0 Å². The first-order valence-electron chi connectivity index (χ1n) is 4.19. The molecule has 0 aliphatic carbocycles. The first kappa shape index (κ1) is 11.1. The van der Waals surface area contributed by atoms with Crippen LogP contribution in [0.5, 0.6) is 0 Å². The Labute approximate surface area is 78.5 Å². The monoisotopic (exact) mass is 212 g/mol. The van der Waals surface area contributed by atoms with E-state index in [1.165, 1.54) is 0 Å². The summed E-state index contributed by atoms with van der Waals surface area (Å²) in [6.07, 6.45) is -5.44. The Morgan fingerprint density at radius 2 is 2.14 bits per heavy atom. The van der Waals surface area contributed by atoms with Crippen molar-refractivity contribution in [2.24, 2.45) is 0 Å². The molecular formula is C7H11F3N2O2. The van der Waals surface area contributed by atoms with Gasteiger partial charge in [0.15, 0.2) is 0 Å². The molecule has 2 unspecified atom stereocenters. The smallest absolute Gasteiger partial charge is 0.404 e. The van der Waals surface area contributed by atoms with Gasteiger partial charge in [-0.2, -0.15) is 13.2 Å². The van der Waals surface area contributed by atoms with E-state index >= 15 is 0 Å². The van der Waals surface area contributed by atoms with E-state index in [0.717, 1.165) is 0 Å². The minimum Gasteiger partial charge on any atom is -0.465 e. The van der Waals surface area contributed by atoms with Crippen LogP contribution >= 0.6 is 0 Å². The van der Waals surface area contributed by atoms with Crippen LogP contribution in [0.4, 0.5) is 18.0 Å². The fourth-order valence-electron chi connectivity index (χ4n) is 1.47. The summed E-state index contributed by atoms with van der Waals surface area (Å²) in [5.41, 5.74) is 0. The normalized spacial score (nSPS) is 28.5. The van der Waals surface area contributed by atoms with Crippen molar-refractivity contribution in [3.05, 3.63) is 0 Å².